The molecule has 0 radical (unpaired) electrons. The van der Waals surface area contributed by atoms with Crippen LogP contribution < -0.4 is 8.92 Å². The zero-order chi connectivity index (χ0) is 24.1. The first-order valence-corrected chi connectivity index (χ1v) is 11.9. The number of benzene rings is 2. The van der Waals surface area contributed by atoms with Crippen molar-refractivity contribution in [2.24, 2.45) is 0 Å². The monoisotopic (exact) mass is 489 g/mol. The van der Waals surface area contributed by atoms with Crippen LogP contribution in [0, 0.1) is 0 Å². The quantitative estimate of drug-likeness (QED) is 0.366. The molecule has 6 nitrogen and oxygen atoms in total. The molecule has 1 heterocycles. The number of nitrogens with zero attached hydrogens (tertiary/aromatic N) is 1. The first-order valence-electron chi connectivity index (χ1n) is 10.5. The van der Waals surface area contributed by atoms with Crippen LogP contribution in [0.5, 0.6) is 17.2 Å². The van der Waals surface area contributed by atoms with Gasteiger partial charge < -0.3 is 14.0 Å². The molecule has 0 spiro atoms. The smallest absolute Gasteiger partial charge is 0.504 e. The highest BCUT2D eigenvalue weighted by Crippen LogP contribution is 2.52. The molecule has 0 aromatic heterocycles. The van der Waals surface area contributed by atoms with Crippen LogP contribution in [0.4, 0.5) is 17.6 Å². The number of ether oxygens (including phenoxy) is 1. The van der Waals surface area contributed by atoms with Gasteiger partial charge in [-0.3, -0.25) is 4.90 Å². The van der Waals surface area contributed by atoms with Crippen molar-refractivity contribution in [2.45, 2.75) is 44.4 Å². The second-order valence-electron chi connectivity index (χ2n) is 8.16. The fourth-order valence-electron chi connectivity index (χ4n) is 4.52. The van der Waals surface area contributed by atoms with E-state index in [0.717, 1.165) is 30.3 Å². The van der Waals surface area contributed by atoms with E-state index in [1.165, 1.54) is 13.0 Å². The van der Waals surface area contributed by atoms with Crippen molar-refractivity contribution in [3.8, 4) is 28.4 Å². The summed E-state index contributed by atoms with van der Waals surface area (Å²) >= 11 is 0. The summed E-state index contributed by atoms with van der Waals surface area (Å²) < 4.78 is 84.6. The Morgan fingerprint density at radius 2 is 1.97 bits per heavy atom. The summed E-state index contributed by atoms with van der Waals surface area (Å²) in [6.45, 7) is 4.74. The van der Waals surface area contributed by atoms with Crippen molar-refractivity contribution in [1.82, 2.24) is 4.90 Å². The molecular formula is C22H23F4NO5S. The molecule has 1 N–H and O–H groups in total. The van der Waals surface area contributed by atoms with Gasteiger partial charge in [-0.15, -0.1) is 0 Å². The Hall–Kier alpha value is -2.53. The maximum absolute atomic E-state index is 13.4. The molecule has 2 unspecified atom stereocenters. The molecule has 0 bridgehead atoms. The molecule has 4 rings (SSSR count). The molecule has 0 saturated heterocycles. The molecule has 2 aromatic carbocycles. The summed E-state index contributed by atoms with van der Waals surface area (Å²) in [6.07, 6.45) is -0.0665. The van der Waals surface area contributed by atoms with E-state index in [1.807, 2.05) is 13.0 Å². The van der Waals surface area contributed by atoms with E-state index in [0.29, 0.717) is 29.7 Å². The maximum atomic E-state index is 13.4. The average molecular weight is 489 g/mol. The lowest BCUT2D eigenvalue weighted by Crippen LogP contribution is -2.38. The van der Waals surface area contributed by atoms with Crippen molar-refractivity contribution in [3.63, 3.8) is 0 Å². The van der Waals surface area contributed by atoms with E-state index >= 15 is 0 Å². The van der Waals surface area contributed by atoms with Crippen molar-refractivity contribution in [3.05, 3.63) is 41.0 Å². The standard InChI is InChI=1S/C22H23F4NO5S/c1-3-27-7-6-14-8-15(31-11-12(2)23)10-16-19(14)17(27)9-13-4-5-18(21(28)20(13)16)32-33(29,30)22(24,25)26/h4-5,8,10,12,17,28H,3,6-7,9,11H2,1-2H3. The second-order valence-corrected chi connectivity index (χ2v) is 9.70. The van der Waals surface area contributed by atoms with Crippen LogP contribution in [0.3, 0.4) is 0 Å². The lowest BCUT2D eigenvalue weighted by Gasteiger charge is -2.41. The normalized spacial score (nSPS) is 18.9. The van der Waals surface area contributed by atoms with E-state index in [4.69, 9.17) is 4.74 Å². The summed E-state index contributed by atoms with van der Waals surface area (Å²) in [7, 11) is -5.96. The summed E-state index contributed by atoms with van der Waals surface area (Å²) in [5, 5.41) is 10.8. The molecule has 180 valence electrons. The van der Waals surface area contributed by atoms with E-state index < -0.39 is 33.3 Å². The molecule has 0 amide bonds. The largest absolute Gasteiger partial charge is 0.534 e. The number of halogens is 4. The molecule has 1 aliphatic heterocycles. The van der Waals surface area contributed by atoms with Crippen molar-refractivity contribution >= 4 is 10.1 Å². The predicted molar refractivity (Wildman–Crippen MR) is 113 cm³/mol. The van der Waals surface area contributed by atoms with E-state index in [-0.39, 0.29) is 18.2 Å². The topological polar surface area (TPSA) is 76.1 Å². The molecule has 1 aliphatic carbocycles. The number of phenols is 1. The van der Waals surface area contributed by atoms with Crippen LogP contribution in [0.2, 0.25) is 0 Å². The van der Waals surface area contributed by atoms with Gasteiger partial charge in [0.1, 0.15) is 18.5 Å². The van der Waals surface area contributed by atoms with Crippen LogP contribution >= 0.6 is 0 Å². The van der Waals surface area contributed by atoms with E-state index in [2.05, 4.69) is 9.08 Å². The Labute approximate surface area is 188 Å². The zero-order valence-electron chi connectivity index (χ0n) is 17.9. The highest BCUT2D eigenvalue weighted by atomic mass is 32.2. The van der Waals surface area contributed by atoms with Crippen molar-refractivity contribution < 1.29 is 40.0 Å². The van der Waals surface area contributed by atoms with Crippen LogP contribution in [0.15, 0.2) is 24.3 Å². The number of likely N-dealkylation sites (N-methyl/N-ethyl adjacent to an activating group) is 1. The first-order chi connectivity index (χ1) is 15.4. The van der Waals surface area contributed by atoms with Gasteiger partial charge in [0.05, 0.1) is 0 Å². The number of alkyl halides is 4. The van der Waals surface area contributed by atoms with Gasteiger partial charge in [0, 0.05) is 18.2 Å². The third-order valence-electron chi connectivity index (χ3n) is 5.96. The molecule has 2 aliphatic rings. The van der Waals surface area contributed by atoms with Gasteiger partial charge in [-0.2, -0.15) is 21.6 Å². The number of rotatable bonds is 6. The fourth-order valence-corrected chi connectivity index (χ4v) is 4.99. The van der Waals surface area contributed by atoms with Crippen LogP contribution in [-0.4, -0.2) is 49.8 Å². The Morgan fingerprint density at radius 1 is 1.24 bits per heavy atom. The van der Waals surface area contributed by atoms with Gasteiger partial charge in [0.15, 0.2) is 11.5 Å². The Balaban J connectivity index is 1.87. The number of hydrogen-bond acceptors (Lipinski definition) is 6. The van der Waals surface area contributed by atoms with Gasteiger partial charge in [-0.1, -0.05) is 13.0 Å². The predicted octanol–water partition coefficient (Wildman–Crippen LogP) is 4.50. The highest BCUT2D eigenvalue weighted by molar-refractivity contribution is 7.88. The highest BCUT2D eigenvalue weighted by Gasteiger charge is 2.49. The molecular weight excluding hydrogens is 466 g/mol. The Bertz CT molecular complexity index is 1180. The summed E-state index contributed by atoms with van der Waals surface area (Å²) in [5.41, 5.74) is -2.49. The molecule has 33 heavy (non-hydrogen) atoms. The SMILES string of the molecule is CCN1CCc2cc(OCC(C)F)cc3c2C1Cc1ccc(OS(=O)(=O)C(F)(F)F)c(O)c1-3. The maximum Gasteiger partial charge on any atom is 0.534 e. The van der Waals surface area contributed by atoms with Gasteiger partial charge >= 0.3 is 15.6 Å². The van der Waals surface area contributed by atoms with Crippen molar-refractivity contribution in [1.29, 1.82) is 0 Å². The van der Waals surface area contributed by atoms with Gasteiger partial charge in [0.25, 0.3) is 0 Å². The number of hydrogen-bond donors (Lipinski definition) is 1. The molecule has 11 heteroatoms. The van der Waals surface area contributed by atoms with Gasteiger partial charge in [-0.25, -0.2) is 4.39 Å². The molecule has 0 saturated carbocycles. The van der Waals surface area contributed by atoms with Gasteiger partial charge in [-0.05, 0) is 66.8 Å². The minimum atomic E-state index is -5.96. The molecule has 2 atom stereocenters. The summed E-state index contributed by atoms with van der Waals surface area (Å²) in [4.78, 5) is 2.26. The van der Waals surface area contributed by atoms with Crippen LogP contribution in [-0.2, 0) is 23.0 Å². The number of phenolic OH excluding ortho intramolecular Hbond substituents is 1. The second kappa shape index (κ2) is 8.35. The minimum Gasteiger partial charge on any atom is -0.504 e. The fraction of sp³-hybridized carbons (Fsp3) is 0.455. The zero-order valence-corrected chi connectivity index (χ0v) is 18.8. The van der Waals surface area contributed by atoms with Crippen LogP contribution in [0.1, 0.15) is 36.6 Å². The number of aromatic hydroxyl groups is 1. The molecule has 0 fully saturated rings. The number of fused-ring (bicyclic) bond motifs is 2. The van der Waals surface area contributed by atoms with E-state index in [9.17, 15) is 31.1 Å². The summed E-state index contributed by atoms with van der Waals surface area (Å²) in [6, 6.07) is 5.87. The summed E-state index contributed by atoms with van der Waals surface area (Å²) in [5.74, 6) is -1.16. The Morgan fingerprint density at radius 3 is 2.61 bits per heavy atom. The van der Waals surface area contributed by atoms with E-state index in [1.54, 1.807) is 6.07 Å². The molecule has 2 aromatic rings. The Kier molecular flexibility index (Phi) is 5.98. The third kappa shape index (κ3) is 4.23. The minimum absolute atomic E-state index is 0.0273. The van der Waals surface area contributed by atoms with Crippen LogP contribution in [0.25, 0.3) is 11.1 Å². The lowest BCUT2D eigenvalue weighted by atomic mass is 9.76. The lowest BCUT2D eigenvalue weighted by molar-refractivity contribution is -0.0500. The average Bonchev–Trinajstić information content (AvgIpc) is 2.73. The van der Waals surface area contributed by atoms with Crippen molar-refractivity contribution in [2.75, 3.05) is 19.7 Å². The first kappa shape index (κ1) is 23.6. The van der Waals surface area contributed by atoms with Gasteiger partial charge in [0.2, 0.25) is 0 Å². The third-order valence-corrected chi connectivity index (χ3v) is 6.93.